The van der Waals surface area contributed by atoms with Crippen molar-refractivity contribution in [3.8, 4) is 22.3 Å². The molecular formula is C26H24Cl2N2. The fourth-order valence-electron chi connectivity index (χ4n) is 3.27. The molecule has 0 spiro atoms. The summed E-state index contributed by atoms with van der Waals surface area (Å²) in [5, 5.41) is 0. The molecule has 2 heterocycles. The Morgan fingerprint density at radius 2 is 0.833 bits per heavy atom. The van der Waals surface area contributed by atoms with Crippen LogP contribution in [0.1, 0.15) is 0 Å². The first-order valence-electron chi connectivity index (χ1n) is 9.62. The number of pyridine rings is 2. The van der Waals surface area contributed by atoms with Gasteiger partial charge in [0.15, 0.2) is 37.9 Å². The van der Waals surface area contributed by atoms with E-state index in [2.05, 4.69) is 119 Å². The van der Waals surface area contributed by atoms with Gasteiger partial charge in [-0.1, -0.05) is 60.7 Å². The van der Waals surface area contributed by atoms with Gasteiger partial charge in [0.05, 0.1) is 0 Å². The molecule has 0 bridgehead atoms. The van der Waals surface area contributed by atoms with E-state index >= 15 is 0 Å². The molecule has 2 aromatic heterocycles. The standard InChI is InChI=1S/C26H24N2.2ClH/c1-3-11-23(12-4-1)25-15-9-19-27(21-25)17-7-8-18-28-20-10-16-26(22-28)24-13-5-2-6-14-24;;/h1-16,19-22H,17-18H2;2*1H/q+2;;/p-2/b8-7-;;. The molecule has 0 aliphatic heterocycles. The summed E-state index contributed by atoms with van der Waals surface area (Å²) in [4.78, 5) is 0. The van der Waals surface area contributed by atoms with E-state index in [9.17, 15) is 0 Å². The van der Waals surface area contributed by atoms with Crippen LogP contribution in [0.2, 0.25) is 0 Å². The molecule has 4 rings (SSSR count). The van der Waals surface area contributed by atoms with Crippen molar-refractivity contribution in [2.24, 2.45) is 0 Å². The lowest BCUT2D eigenvalue weighted by atomic mass is 10.1. The molecule has 0 fully saturated rings. The topological polar surface area (TPSA) is 7.76 Å². The van der Waals surface area contributed by atoms with E-state index in [-0.39, 0.29) is 24.8 Å². The summed E-state index contributed by atoms with van der Waals surface area (Å²) < 4.78 is 4.42. The zero-order chi connectivity index (χ0) is 19.0. The molecule has 4 aromatic rings. The van der Waals surface area contributed by atoms with Crippen molar-refractivity contribution in [3.05, 3.63) is 122 Å². The van der Waals surface area contributed by atoms with Crippen LogP contribution in [0, 0.1) is 0 Å². The highest BCUT2D eigenvalue weighted by atomic mass is 35.5. The van der Waals surface area contributed by atoms with Crippen LogP contribution in [0.3, 0.4) is 0 Å². The fourth-order valence-corrected chi connectivity index (χ4v) is 3.27. The Balaban J connectivity index is 0.00000160. The summed E-state index contributed by atoms with van der Waals surface area (Å²) in [6, 6.07) is 29.5. The van der Waals surface area contributed by atoms with Crippen molar-refractivity contribution in [2.45, 2.75) is 13.1 Å². The smallest absolute Gasteiger partial charge is 0.176 e. The van der Waals surface area contributed by atoms with Crippen molar-refractivity contribution < 1.29 is 33.9 Å². The largest absolute Gasteiger partial charge is 1.00 e. The molecular weight excluding hydrogens is 411 g/mol. The molecule has 0 saturated heterocycles. The van der Waals surface area contributed by atoms with Crippen LogP contribution in [0.25, 0.3) is 22.3 Å². The Bertz CT molecular complexity index is 977. The van der Waals surface area contributed by atoms with Crippen LogP contribution in [0.4, 0.5) is 0 Å². The molecule has 0 N–H and O–H groups in total. The average molecular weight is 435 g/mol. The van der Waals surface area contributed by atoms with Crippen LogP contribution in [-0.2, 0) is 13.1 Å². The van der Waals surface area contributed by atoms with E-state index in [0.717, 1.165) is 13.1 Å². The van der Waals surface area contributed by atoms with Crippen LogP contribution in [-0.4, -0.2) is 0 Å². The lowest BCUT2D eigenvalue weighted by Gasteiger charge is -2.00. The molecule has 0 saturated carbocycles. The van der Waals surface area contributed by atoms with Gasteiger partial charge in [-0.25, -0.2) is 9.13 Å². The number of nitrogens with zero attached hydrogens (tertiary/aromatic N) is 2. The van der Waals surface area contributed by atoms with Gasteiger partial charge in [0.1, 0.15) is 0 Å². The summed E-state index contributed by atoms with van der Waals surface area (Å²) in [7, 11) is 0. The van der Waals surface area contributed by atoms with Crippen molar-refractivity contribution >= 4 is 0 Å². The molecule has 30 heavy (non-hydrogen) atoms. The second-order valence-electron chi connectivity index (χ2n) is 6.78. The molecule has 152 valence electrons. The normalized spacial score (nSPS) is 10.3. The first-order valence-corrected chi connectivity index (χ1v) is 9.62. The predicted octanol–water partition coefficient (Wildman–Crippen LogP) is -1.14. The molecule has 0 aliphatic carbocycles. The summed E-state index contributed by atoms with van der Waals surface area (Å²) in [5.41, 5.74) is 4.96. The molecule has 0 radical (unpaired) electrons. The SMILES string of the molecule is C(=C/C[n+]1cccc(-c2ccccc2)c1)/C[n+]1cccc(-c2ccccc2)c1.[Cl-].[Cl-]. The van der Waals surface area contributed by atoms with Crippen molar-refractivity contribution in [1.82, 2.24) is 0 Å². The van der Waals surface area contributed by atoms with Gasteiger partial charge in [-0.05, 0) is 35.4 Å². The summed E-state index contributed by atoms with van der Waals surface area (Å²) in [6.07, 6.45) is 13.1. The Morgan fingerprint density at radius 1 is 0.467 bits per heavy atom. The zero-order valence-electron chi connectivity index (χ0n) is 16.6. The van der Waals surface area contributed by atoms with Gasteiger partial charge in [-0.3, -0.25) is 0 Å². The van der Waals surface area contributed by atoms with E-state index in [1.165, 1.54) is 22.3 Å². The minimum Gasteiger partial charge on any atom is -1.00 e. The molecule has 2 aromatic carbocycles. The molecule has 2 nitrogen and oxygen atoms in total. The fraction of sp³-hybridized carbons (Fsp3) is 0.0769. The van der Waals surface area contributed by atoms with Crippen LogP contribution in [0.15, 0.2) is 122 Å². The Kier molecular flexibility index (Phi) is 9.27. The lowest BCUT2D eigenvalue weighted by Crippen LogP contribution is -3.00. The van der Waals surface area contributed by atoms with Gasteiger partial charge in [0.2, 0.25) is 0 Å². The number of allylic oxidation sites excluding steroid dienone is 2. The third kappa shape index (κ3) is 6.28. The van der Waals surface area contributed by atoms with Gasteiger partial charge in [-0.2, -0.15) is 0 Å². The minimum atomic E-state index is 0. The molecule has 0 unspecified atom stereocenters. The molecule has 4 heteroatoms. The van der Waals surface area contributed by atoms with Crippen molar-refractivity contribution in [2.75, 3.05) is 0 Å². The second-order valence-corrected chi connectivity index (χ2v) is 6.78. The monoisotopic (exact) mass is 434 g/mol. The van der Waals surface area contributed by atoms with Gasteiger partial charge >= 0.3 is 0 Å². The zero-order valence-corrected chi connectivity index (χ0v) is 18.1. The number of benzene rings is 2. The lowest BCUT2D eigenvalue weighted by molar-refractivity contribution is -0.690. The van der Waals surface area contributed by atoms with E-state index in [1.54, 1.807) is 0 Å². The van der Waals surface area contributed by atoms with Gasteiger partial charge in [0.25, 0.3) is 0 Å². The predicted molar refractivity (Wildman–Crippen MR) is 113 cm³/mol. The maximum absolute atomic E-state index is 2.22. The van der Waals surface area contributed by atoms with Crippen LogP contribution in [0.5, 0.6) is 0 Å². The van der Waals surface area contributed by atoms with Crippen molar-refractivity contribution in [3.63, 3.8) is 0 Å². The maximum atomic E-state index is 2.22. The number of halogens is 2. The van der Waals surface area contributed by atoms with Crippen molar-refractivity contribution in [1.29, 1.82) is 0 Å². The number of hydrogen-bond donors (Lipinski definition) is 0. The average Bonchev–Trinajstić information content (AvgIpc) is 2.78. The van der Waals surface area contributed by atoms with Gasteiger partial charge in [-0.15, -0.1) is 0 Å². The van der Waals surface area contributed by atoms with Crippen LogP contribution < -0.4 is 33.9 Å². The Morgan fingerprint density at radius 3 is 1.23 bits per heavy atom. The molecule has 0 amide bonds. The number of hydrogen-bond acceptors (Lipinski definition) is 0. The highest BCUT2D eigenvalue weighted by molar-refractivity contribution is 5.61. The highest BCUT2D eigenvalue weighted by Gasteiger charge is 2.05. The van der Waals surface area contributed by atoms with E-state index in [0.29, 0.717) is 0 Å². The minimum absolute atomic E-state index is 0. The van der Waals surface area contributed by atoms with Crippen LogP contribution >= 0.6 is 0 Å². The summed E-state index contributed by atoms with van der Waals surface area (Å²) >= 11 is 0. The van der Waals surface area contributed by atoms with Gasteiger partial charge in [0, 0.05) is 23.3 Å². The highest BCUT2D eigenvalue weighted by Crippen LogP contribution is 2.16. The van der Waals surface area contributed by atoms with E-state index < -0.39 is 0 Å². The third-order valence-corrected chi connectivity index (χ3v) is 4.73. The molecule has 0 aliphatic rings. The maximum Gasteiger partial charge on any atom is 0.176 e. The quantitative estimate of drug-likeness (QED) is 0.267. The second kappa shape index (κ2) is 11.9. The Hall–Kier alpha value is -2.94. The van der Waals surface area contributed by atoms with E-state index in [1.807, 2.05) is 12.1 Å². The van der Waals surface area contributed by atoms with E-state index in [4.69, 9.17) is 0 Å². The summed E-state index contributed by atoms with van der Waals surface area (Å²) in [6.45, 7) is 1.72. The first-order chi connectivity index (χ1) is 13.9. The summed E-state index contributed by atoms with van der Waals surface area (Å²) in [5.74, 6) is 0. The number of aromatic nitrogens is 2. The first kappa shape index (κ1) is 23.3. The number of rotatable bonds is 6. The molecule has 0 atom stereocenters. The van der Waals surface area contributed by atoms with Gasteiger partial charge < -0.3 is 24.8 Å². The third-order valence-electron chi connectivity index (χ3n) is 4.73. The Labute approximate surface area is 191 Å².